The van der Waals surface area contributed by atoms with Crippen LogP contribution in [0, 0.1) is 6.92 Å². The van der Waals surface area contributed by atoms with Gasteiger partial charge < -0.3 is 14.9 Å². The maximum Gasteiger partial charge on any atom is 0.355 e. The Hall–Kier alpha value is -1.14. The molecule has 0 spiro atoms. The number of thiazole rings is 1. The molecule has 0 aromatic carbocycles. The highest BCUT2D eigenvalue weighted by Gasteiger charge is 2.24. The van der Waals surface area contributed by atoms with Crippen molar-refractivity contribution in [2.24, 2.45) is 0 Å². The van der Waals surface area contributed by atoms with Crippen LogP contribution in [-0.4, -0.2) is 53.7 Å². The van der Waals surface area contributed by atoms with Crippen molar-refractivity contribution in [3.05, 3.63) is 10.6 Å². The van der Waals surface area contributed by atoms with Crippen LogP contribution in [0.2, 0.25) is 0 Å². The average Bonchev–Trinajstić information content (AvgIpc) is 2.64. The Kier molecular flexibility index (Phi) is 3.35. The number of carboxylic acids is 1. The number of aryl methyl sites for hydroxylation is 1. The van der Waals surface area contributed by atoms with Crippen LogP contribution in [0.15, 0.2) is 0 Å². The van der Waals surface area contributed by atoms with Crippen LogP contribution < -0.4 is 4.90 Å². The number of likely N-dealkylation sites (N-methyl/N-ethyl adjacent to an activating group) is 1. The van der Waals surface area contributed by atoms with Gasteiger partial charge in [0.2, 0.25) is 0 Å². The number of carboxylic acid groups (broad SMARTS) is 1. The van der Waals surface area contributed by atoms with Crippen LogP contribution in [-0.2, 0) is 0 Å². The second-order valence-corrected chi connectivity index (χ2v) is 5.66. The van der Waals surface area contributed by atoms with Gasteiger partial charge in [-0.2, -0.15) is 0 Å². The van der Waals surface area contributed by atoms with Crippen LogP contribution in [0.3, 0.4) is 0 Å². The molecule has 1 N–H and O–H groups in total. The van der Waals surface area contributed by atoms with Gasteiger partial charge in [0.1, 0.15) is 0 Å². The first kappa shape index (κ1) is 12.3. The molecule has 5 nitrogen and oxygen atoms in total. The molecule has 0 amide bonds. The summed E-state index contributed by atoms with van der Waals surface area (Å²) < 4.78 is 0. The predicted molar refractivity (Wildman–Crippen MR) is 68.1 cm³/mol. The Morgan fingerprint density at radius 3 is 2.76 bits per heavy atom. The molecule has 1 aliphatic rings. The molecule has 1 aromatic rings. The van der Waals surface area contributed by atoms with E-state index in [1.807, 2.05) is 6.92 Å². The van der Waals surface area contributed by atoms with E-state index < -0.39 is 5.97 Å². The monoisotopic (exact) mass is 255 g/mol. The van der Waals surface area contributed by atoms with Gasteiger partial charge >= 0.3 is 5.97 Å². The second-order valence-electron chi connectivity index (χ2n) is 4.48. The number of aromatic nitrogens is 1. The van der Waals surface area contributed by atoms with Crippen molar-refractivity contribution in [1.82, 2.24) is 9.88 Å². The third kappa shape index (κ3) is 2.42. The van der Waals surface area contributed by atoms with E-state index in [4.69, 9.17) is 5.11 Å². The van der Waals surface area contributed by atoms with E-state index in [-0.39, 0.29) is 5.69 Å². The van der Waals surface area contributed by atoms with Crippen LogP contribution in [0.5, 0.6) is 0 Å². The highest BCUT2D eigenvalue weighted by atomic mass is 32.1. The SMILES string of the molecule is Cc1sc(N2CCN(C)C(C)C2)nc1C(=O)O. The van der Waals surface area contributed by atoms with Gasteiger partial charge in [0.25, 0.3) is 0 Å². The van der Waals surface area contributed by atoms with E-state index in [1.54, 1.807) is 0 Å². The number of rotatable bonds is 2. The van der Waals surface area contributed by atoms with E-state index in [2.05, 4.69) is 28.8 Å². The summed E-state index contributed by atoms with van der Waals surface area (Å²) in [5.41, 5.74) is 0.191. The minimum atomic E-state index is -0.938. The van der Waals surface area contributed by atoms with E-state index in [9.17, 15) is 4.79 Å². The van der Waals surface area contributed by atoms with Gasteiger partial charge in [0, 0.05) is 30.6 Å². The quantitative estimate of drug-likeness (QED) is 0.863. The van der Waals surface area contributed by atoms with Crippen LogP contribution in [0.4, 0.5) is 5.13 Å². The molecular formula is C11H17N3O2S. The van der Waals surface area contributed by atoms with Crippen molar-refractivity contribution in [1.29, 1.82) is 0 Å². The van der Waals surface area contributed by atoms with Crippen molar-refractivity contribution in [3.63, 3.8) is 0 Å². The fraction of sp³-hybridized carbons (Fsp3) is 0.636. The summed E-state index contributed by atoms with van der Waals surface area (Å²) in [6, 6.07) is 0.473. The molecule has 1 saturated heterocycles. The third-order valence-corrected chi connectivity index (χ3v) is 4.25. The molecule has 0 saturated carbocycles. The van der Waals surface area contributed by atoms with Gasteiger partial charge in [0.05, 0.1) is 0 Å². The number of carbonyl (C=O) groups is 1. The fourth-order valence-corrected chi connectivity index (χ4v) is 2.87. The number of hydrogen-bond donors (Lipinski definition) is 1. The summed E-state index contributed by atoms with van der Waals surface area (Å²) in [5.74, 6) is -0.938. The Bertz CT molecular complexity index is 432. The summed E-state index contributed by atoms with van der Waals surface area (Å²) in [5, 5.41) is 9.82. The minimum absolute atomic E-state index is 0.191. The van der Waals surface area contributed by atoms with Crippen molar-refractivity contribution in [3.8, 4) is 0 Å². The van der Waals surface area contributed by atoms with E-state index in [0.29, 0.717) is 6.04 Å². The second kappa shape index (κ2) is 4.62. The Labute approximate surface area is 105 Å². The summed E-state index contributed by atoms with van der Waals surface area (Å²) in [6.45, 7) is 6.78. The van der Waals surface area contributed by atoms with Crippen molar-refractivity contribution in [2.75, 3.05) is 31.6 Å². The summed E-state index contributed by atoms with van der Waals surface area (Å²) in [6.07, 6.45) is 0. The number of aromatic carboxylic acids is 1. The first-order valence-corrected chi connectivity index (χ1v) is 6.46. The minimum Gasteiger partial charge on any atom is -0.476 e. The lowest BCUT2D eigenvalue weighted by Crippen LogP contribution is -2.50. The maximum absolute atomic E-state index is 11.0. The zero-order chi connectivity index (χ0) is 12.6. The molecule has 0 bridgehead atoms. The van der Waals surface area contributed by atoms with E-state index in [0.717, 1.165) is 29.6 Å². The molecule has 6 heteroatoms. The first-order valence-electron chi connectivity index (χ1n) is 5.65. The molecule has 0 radical (unpaired) electrons. The van der Waals surface area contributed by atoms with Gasteiger partial charge in [-0.05, 0) is 20.9 Å². The topological polar surface area (TPSA) is 56.7 Å². The number of hydrogen-bond acceptors (Lipinski definition) is 5. The normalized spacial score (nSPS) is 21.8. The number of anilines is 1. The zero-order valence-electron chi connectivity index (χ0n) is 10.3. The maximum atomic E-state index is 11.0. The largest absolute Gasteiger partial charge is 0.476 e. The van der Waals surface area contributed by atoms with Crippen LogP contribution in [0.25, 0.3) is 0 Å². The van der Waals surface area contributed by atoms with Crippen molar-refractivity contribution >= 4 is 22.4 Å². The molecule has 2 heterocycles. The highest BCUT2D eigenvalue weighted by molar-refractivity contribution is 7.15. The third-order valence-electron chi connectivity index (χ3n) is 3.22. The van der Waals surface area contributed by atoms with Gasteiger partial charge in [0.15, 0.2) is 10.8 Å². The smallest absolute Gasteiger partial charge is 0.355 e. The number of piperazine rings is 1. The van der Waals surface area contributed by atoms with E-state index in [1.165, 1.54) is 11.3 Å². The zero-order valence-corrected chi connectivity index (χ0v) is 11.1. The van der Waals surface area contributed by atoms with E-state index >= 15 is 0 Å². The lowest BCUT2D eigenvalue weighted by atomic mass is 10.2. The standard InChI is InChI=1S/C11H17N3O2S/c1-7-6-14(5-4-13(7)3)11-12-9(10(15)16)8(2)17-11/h7H,4-6H2,1-3H3,(H,15,16). The van der Waals surface area contributed by atoms with Crippen LogP contribution in [0.1, 0.15) is 22.3 Å². The molecule has 94 valence electrons. The van der Waals surface area contributed by atoms with Gasteiger partial charge in [-0.1, -0.05) is 0 Å². The molecule has 17 heavy (non-hydrogen) atoms. The summed E-state index contributed by atoms with van der Waals surface area (Å²) >= 11 is 1.47. The molecular weight excluding hydrogens is 238 g/mol. The molecule has 0 aliphatic carbocycles. The molecule has 1 fully saturated rings. The highest BCUT2D eigenvalue weighted by Crippen LogP contribution is 2.27. The Morgan fingerprint density at radius 1 is 1.53 bits per heavy atom. The molecule has 1 unspecified atom stereocenters. The van der Waals surface area contributed by atoms with Gasteiger partial charge in [-0.25, -0.2) is 9.78 Å². The predicted octanol–water partition coefficient (Wildman–Crippen LogP) is 1.29. The fourth-order valence-electron chi connectivity index (χ4n) is 1.94. The Balaban J connectivity index is 2.18. The first-order chi connectivity index (χ1) is 7.99. The molecule has 1 aromatic heterocycles. The average molecular weight is 255 g/mol. The van der Waals surface area contributed by atoms with Crippen LogP contribution >= 0.6 is 11.3 Å². The van der Waals surface area contributed by atoms with Crippen molar-refractivity contribution < 1.29 is 9.90 Å². The summed E-state index contributed by atoms with van der Waals surface area (Å²) in [7, 11) is 2.11. The molecule has 1 aliphatic heterocycles. The van der Waals surface area contributed by atoms with Gasteiger partial charge in [-0.3, -0.25) is 0 Å². The molecule has 1 atom stereocenters. The van der Waals surface area contributed by atoms with Crippen molar-refractivity contribution in [2.45, 2.75) is 19.9 Å². The summed E-state index contributed by atoms with van der Waals surface area (Å²) in [4.78, 5) is 20.4. The Morgan fingerprint density at radius 2 is 2.24 bits per heavy atom. The number of nitrogens with zero attached hydrogens (tertiary/aromatic N) is 3. The lowest BCUT2D eigenvalue weighted by molar-refractivity contribution is 0.0690. The van der Waals surface area contributed by atoms with Gasteiger partial charge in [-0.15, -0.1) is 11.3 Å². The lowest BCUT2D eigenvalue weighted by Gasteiger charge is -2.37. The molecule has 2 rings (SSSR count).